The lowest BCUT2D eigenvalue weighted by atomic mass is 10.1. The number of piperazine rings is 1. The monoisotopic (exact) mass is 295 g/mol. The highest BCUT2D eigenvalue weighted by molar-refractivity contribution is 5.55. The molecule has 0 spiro atoms. The van der Waals surface area contributed by atoms with Crippen LogP contribution < -0.4 is 10.2 Å². The van der Waals surface area contributed by atoms with Gasteiger partial charge in [0, 0.05) is 45.3 Å². The number of benzene rings is 1. The van der Waals surface area contributed by atoms with Crippen molar-refractivity contribution in [2.45, 2.75) is 26.4 Å². The third-order valence-electron chi connectivity index (χ3n) is 3.88. The molecule has 0 bridgehead atoms. The van der Waals surface area contributed by atoms with Gasteiger partial charge in [0.2, 0.25) is 0 Å². The topological polar surface area (TPSA) is 38.7 Å². The largest absolute Gasteiger partial charge is 0.395 e. The maximum absolute atomic E-state index is 14.3. The predicted molar refractivity (Wildman–Crippen MR) is 84.1 cm³/mol. The summed E-state index contributed by atoms with van der Waals surface area (Å²) in [7, 11) is 0. The molecule has 0 unspecified atom stereocenters. The van der Waals surface area contributed by atoms with Crippen molar-refractivity contribution in [2.24, 2.45) is 0 Å². The molecule has 1 heterocycles. The first-order chi connectivity index (χ1) is 10.1. The number of para-hydroxylation sites is 1. The van der Waals surface area contributed by atoms with Crippen molar-refractivity contribution in [1.29, 1.82) is 0 Å². The van der Waals surface area contributed by atoms with Gasteiger partial charge in [0.1, 0.15) is 5.82 Å². The Morgan fingerprint density at radius 1 is 1.24 bits per heavy atom. The van der Waals surface area contributed by atoms with Crippen LogP contribution in [0.15, 0.2) is 18.2 Å². The average Bonchev–Trinajstić information content (AvgIpc) is 2.46. The summed E-state index contributed by atoms with van der Waals surface area (Å²) in [5.74, 6) is -0.145. The number of hydrogen-bond donors (Lipinski definition) is 2. The van der Waals surface area contributed by atoms with Crippen molar-refractivity contribution >= 4 is 5.69 Å². The van der Waals surface area contributed by atoms with E-state index in [9.17, 15) is 4.39 Å². The molecule has 0 saturated carbocycles. The van der Waals surface area contributed by atoms with Crippen LogP contribution in [0, 0.1) is 5.82 Å². The Labute approximate surface area is 126 Å². The van der Waals surface area contributed by atoms with Gasteiger partial charge in [-0.3, -0.25) is 4.90 Å². The fraction of sp³-hybridized carbons (Fsp3) is 0.625. The lowest BCUT2D eigenvalue weighted by Gasteiger charge is -2.37. The first-order valence-electron chi connectivity index (χ1n) is 7.70. The number of hydrogen-bond acceptors (Lipinski definition) is 4. The van der Waals surface area contributed by atoms with Crippen LogP contribution in [0.2, 0.25) is 0 Å². The summed E-state index contributed by atoms with van der Waals surface area (Å²) >= 11 is 0. The van der Waals surface area contributed by atoms with E-state index < -0.39 is 0 Å². The number of halogens is 1. The van der Waals surface area contributed by atoms with Gasteiger partial charge >= 0.3 is 0 Å². The molecule has 1 aliphatic heterocycles. The Bertz CT molecular complexity index is 445. The SMILES string of the molecule is CC(C)NCc1cccc(F)c1N1CCN(CCO)CC1. The summed E-state index contributed by atoms with van der Waals surface area (Å²) in [6.07, 6.45) is 0. The summed E-state index contributed by atoms with van der Waals surface area (Å²) in [5.41, 5.74) is 1.74. The average molecular weight is 295 g/mol. The molecule has 2 N–H and O–H groups in total. The molecule has 1 aromatic carbocycles. The molecule has 5 heteroatoms. The van der Waals surface area contributed by atoms with Crippen LogP contribution in [0.5, 0.6) is 0 Å². The van der Waals surface area contributed by atoms with Gasteiger partial charge in [-0.1, -0.05) is 26.0 Å². The van der Waals surface area contributed by atoms with Crippen LogP contribution in [0.4, 0.5) is 10.1 Å². The summed E-state index contributed by atoms with van der Waals surface area (Å²) < 4.78 is 14.3. The van der Waals surface area contributed by atoms with E-state index in [1.165, 1.54) is 6.07 Å². The predicted octanol–water partition coefficient (Wildman–Crippen LogP) is 1.44. The van der Waals surface area contributed by atoms with Crippen molar-refractivity contribution in [2.75, 3.05) is 44.2 Å². The summed E-state index contributed by atoms with van der Waals surface area (Å²) in [4.78, 5) is 4.34. The molecular formula is C16H26FN3O. The Balaban J connectivity index is 2.08. The zero-order chi connectivity index (χ0) is 15.2. The van der Waals surface area contributed by atoms with Gasteiger partial charge in [0.05, 0.1) is 12.3 Å². The number of aliphatic hydroxyl groups is 1. The minimum Gasteiger partial charge on any atom is -0.395 e. The minimum atomic E-state index is -0.145. The Kier molecular flexibility index (Phi) is 5.96. The number of aliphatic hydroxyl groups excluding tert-OH is 1. The number of β-amino-alcohol motifs (C(OH)–C–C–N with tert-alkyl or cyclic N) is 1. The van der Waals surface area contributed by atoms with Crippen LogP contribution in [-0.2, 0) is 6.54 Å². The van der Waals surface area contributed by atoms with Gasteiger partial charge in [-0.15, -0.1) is 0 Å². The quantitative estimate of drug-likeness (QED) is 0.833. The second-order valence-corrected chi connectivity index (χ2v) is 5.84. The number of nitrogens with one attached hydrogen (secondary N) is 1. The van der Waals surface area contributed by atoms with Gasteiger partial charge in [0.25, 0.3) is 0 Å². The van der Waals surface area contributed by atoms with Crippen LogP contribution in [0.25, 0.3) is 0 Å². The standard InChI is InChI=1S/C16H26FN3O/c1-13(2)18-12-14-4-3-5-15(17)16(14)20-8-6-19(7-9-20)10-11-21/h3-5,13,18,21H,6-12H2,1-2H3. The molecule has 1 aromatic rings. The molecule has 0 aromatic heterocycles. The van der Waals surface area contributed by atoms with Crippen molar-refractivity contribution < 1.29 is 9.50 Å². The molecule has 2 rings (SSSR count). The van der Waals surface area contributed by atoms with E-state index >= 15 is 0 Å². The van der Waals surface area contributed by atoms with E-state index in [0.717, 1.165) is 37.4 Å². The zero-order valence-corrected chi connectivity index (χ0v) is 13.0. The number of rotatable bonds is 6. The smallest absolute Gasteiger partial charge is 0.146 e. The molecule has 21 heavy (non-hydrogen) atoms. The Morgan fingerprint density at radius 3 is 2.57 bits per heavy atom. The van der Waals surface area contributed by atoms with Gasteiger partial charge < -0.3 is 15.3 Å². The Morgan fingerprint density at radius 2 is 1.95 bits per heavy atom. The van der Waals surface area contributed by atoms with E-state index in [0.29, 0.717) is 19.1 Å². The third-order valence-corrected chi connectivity index (χ3v) is 3.88. The van der Waals surface area contributed by atoms with Gasteiger partial charge in [-0.2, -0.15) is 0 Å². The maximum atomic E-state index is 14.3. The van der Waals surface area contributed by atoms with Crippen molar-refractivity contribution in [3.05, 3.63) is 29.6 Å². The first-order valence-corrected chi connectivity index (χ1v) is 7.70. The fourth-order valence-electron chi connectivity index (χ4n) is 2.71. The maximum Gasteiger partial charge on any atom is 0.146 e. The van der Waals surface area contributed by atoms with E-state index in [1.807, 2.05) is 6.07 Å². The molecule has 0 amide bonds. The van der Waals surface area contributed by atoms with Crippen molar-refractivity contribution in [1.82, 2.24) is 10.2 Å². The molecular weight excluding hydrogens is 269 g/mol. The minimum absolute atomic E-state index is 0.145. The molecule has 0 atom stereocenters. The zero-order valence-electron chi connectivity index (χ0n) is 13.0. The molecule has 118 valence electrons. The van der Waals surface area contributed by atoms with E-state index in [4.69, 9.17) is 5.11 Å². The molecule has 1 aliphatic rings. The molecule has 1 saturated heterocycles. The lowest BCUT2D eigenvalue weighted by Crippen LogP contribution is -2.47. The van der Waals surface area contributed by atoms with Crippen LogP contribution in [0.3, 0.4) is 0 Å². The molecule has 0 aliphatic carbocycles. The third kappa shape index (κ3) is 4.40. The summed E-state index contributed by atoms with van der Waals surface area (Å²) in [5, 5.41) is 12.3. The van der Waals surface area contributed by atoms with Crippen molar-refractivity contribution in [3.63, 3.8) is 0 Å². The van der Waals surface area contributed by atoms with E-state index in [-0.39, 0.29) is 12.4 Å². The van der Waals surface area contributed by atoms with Crippen LogP contribution in [0.1, 0.15) is 19.4 Å². The van der Waals surface area contributed by atoms with Gasteiger partial charge in [-0.25, -0.2) is 4.39 Å². The second kappa shape index (κ2) is 7.73. The highest BCUT2D eigenvalue weighted by atomic mass is 19.1. The van der Waals surface area contributed by atoms with Gasteiger partial charge in [0.15, 0.2) is 0 Å². The highest BCUT2D eigenvalue weighted by Gasteiger charge is 2.21. The number of nitrogens with zero attached hydrogens (tertiary/aromatic N) is 2. The van der Waals surface area contributed by atoms with Gasteiger partial charge in [-0.05, 0) is 11.6 Å². The lowest BCUT2D eigenvalue weighted by molar-refractivity contribution is 0.188. The van der Waals surface area contributed by atoms with E-state index in [2.05, 4.69) is 29.0 Å². The summed E-state index contributed by atoms with van der Waals surface area (Å²) in [6, 6.07) is 5.68. The fourth-order valence-corrected chi connectivity index (χ4v) is 2.71. The van der Waals surface area contributed by atoms with E-state index in [1.54, 1.807) is 6.07 Å². The molecule has 1 fully saturated rings. The van der Waals surface area contributed by atoms with Crippen molar-refractivity contribution in [3.8, 4) is 0 Å². The first kappa shape index (κ1) is 16.2. The Hall–Kier alpha value is -1.17. The molecule has 0 radical (unpaired) electrons. The van der Waals surface area contributed by atoms with Crippen LogP contribution >= 0.6 is 0 Å². The second-order valence-electron chi connectivity index (χ2n) is 5.84. The molecule has 4 nitrogen and oxygen atoms in total. The normalized spacial score (nSPS) is 16.7. The highest BCUT2D eigenvalue weighted by Crippen LogP contribution is 2.25. The summed E-state index contributed by atoms with van der Waals surface area (Å²) in [6.45, 7) is 9.08. The number of anilines is 1. The van der Waals surface area contributed by atoms with Crippen LogP contribution in [-0.4, -0.2) is 55.4 Å².